The van der Waals surface area contributed by atoms with E-state index in [0.29, 0.717) is 11.7 Å². The molecule has 0 saturated heterocycles. The summed E-state index contributed by atoms with van der Waals surface area (Å²) in [6, 6.07) is 6.34. The molecule has 98 valence electrons. The van der Waals surface area contributed by atoms with Crippen LogP contribution in [0.4, 0.5) is 5.13 Å². The number of amides is 1. The van der Waals surface area contributed by atoms with Crippen LogP contribution in [0.1, 0.15) is 18.1 Å². The molecular formula is C14H15N3OS. The minimum absolute atomic E-state index is 0.133. The first-order chi connectivity index (χ1) is 9.13. The second-order valence-electron chi connectivity index (χ2n) is 4.75. The van der Waals surface area contributed by atoms with E-state index >= 15 is 0 Å². The normalized spacial score (nSPS) is 14.3. The van der Waals surface area contributed by atoms with E-state index in [0.717, 1.165) is 24.2 Å². The fourth-order valence-electron chi connectivity index (χ4n) is 2.41. The molecule has 0 fully saturated rings. The highest BCUT2D eigenvalue weighted by Gasteiger charge is 2.18. The Balaban J connectivity index is 1.95. The topological polar surface area (TPSA) is 59.2 Å². The van der Waals surface area contributed by atoms with Crippen molar-refractivity contribution in [2.75, 3.05) is 12.3 Å². The number of fused-ring (bicyclic) bond motifs is 1. The van der Waals surface area contributed by atoms with Gasteiger partial charge in [-0.05, 0) is 23.6 Å². The van der Waals surface area contributed by atoms with E-state index in [-0.39, 0.29) is 5.91 Å². The SMILES string of the molecule is CC(=O)N1CCc2ccc(-c3csc(N)n3)cc2C1. The number of thiazole rings is 1. The molecule has 1 amide bonds. The van der Waals surface area contributed by atoms with Crippen LogP contribution >= 0.6 is 11.3 Å². The van der Waals surface area contributed by atoms with Crippen LogP contribution in [0, 0.1) is 0 Å². The van der Waals surface area contributed by atoms with Crippen molar-refractivity contribution in [3.05, 3.63) is 34.7 Å². The van der Waals surface area contributed by atoms with Gasteiger partial charge in [0.25, 0.3) is 0 Å². The van der Waals surface area contributed by atoms with Crippen LogP contribution in [0.15, 0.2) is 23.6 Å². The van der Waals surface area contributed by atoms with Crippen LogP contribution in [-0.4, -0.2) is 22.3 Å². The first-order valence-corrected chi connectivity index (χ1v) is 7.10. The lowest BCUT2D eigenvalue weighted by molar-refractivity contribution is -0.129. The predicted octanol–water partition coefficient (Wildman–Crippen LogP) is 2.30. The summed E-state index contributed by atoms with van der Waals surface area (Å²) in [7, 11) is 0. The van der Waals surface area contributed by atoms with Gasteiger partial charge < -0.3 is 10.6 Å². The Morgan fingerprint density at radius 3 is 2.95 bits per heavy atom. The summed E-state index contributed by atoms with van der Waals surface area (Å²) in [6.45, 7) is 3.12. The van der Waals surface area contributed by atoms with Crippen LogP contribution < -0.4 is 5.73 Å². The van der Waals surface area contributed by atoms with Gasteiger partial charge in [0.2, 0.25) is 5.91 Å². The maximum atomic E-state index is 11.5. The predicted molar refractivity (Wildman–Crippen MR) is 76.8 cm³/mol. The van der Waals surface area contributed by atoms with Crippen LogP contribution in [-0.2, 0) is 17.8 Å². The van der Waals surface area contributed by atoms with E-state index in [9.17, 15) is 4.79 Å². The molecule has 0 atom stereocenters. The fraction of sp³-hybridized carbons (Fsp3) is 0.286. The van der Waals surface area contributed by atoms with Gasteiger partial charge in [-0.15, -0.1) is 11.3 Å². The number of carbonyl (C=O) groups excluding carboxylic acids is 1. The molecule has 4 nitrogen and oxygen atoms in total. The third-order valence-electron chi connectivity index (χ3n) is 3.48. The van der Waals surface area contributed by atoms with E-state index in [2.05, 4.69) is 23.2 Å². The molecule has 1 aliphatic rings. The summed E-state index contributed by atoms with van der Waals surface area (Å²) >= 11 is 1.44. The van der Waals surface area contributed by atoms with E-state index in [4.69, 9.17) is 5.73 Å². The second kappa shape index (κ2) is 4.66. The standard InChI is InChI=1S/C14H15N3OS/c1-9(18)17-5-4-10-2-3-11(6-12(10)7-17)13-8-19-14(15)16-13/h2-3,6,8H,4-5,7H2,1H3,(H2,15,16). The molecule has 2 aromatic rings. The Kier molecular flexibility index (Phi) is 2.98. The first kappa shape index (κ1) is 12.2. The smallest absolute Gasteiger partial charge is 0.219 e. The Morgan fingerprint density at radius 2 is 2.26 bits per heavy atom. The number of nitrogens with zero attached hydrogens (tertiary/aromatic N) is 2. The average molecular weight is 273 g/mol. The summed E-state index contributed by atoms with van der Waals surface area (Å²) in [5.41, 5.74) is 10.2. The monoisotopic (exact) mass is 273 g/mol. The van der Waals surface area contributed by atoms with Crippen LogP contribution in [0.2, 0.25) is 0 Å². The minimum atomic E-state index is 0.133. The van der Waals surface area contributed by atoms with Gasteiger partial charge in [-0.25, -0.2) is 4.98 Å². The maximum absolute atomic E-state index is 11.5. The van der Waals surface area contributed by atoms with Gasteiger partial charge >= 0.3 is 0 Å². The highest BCUT2D eigenvalue weighted by Crippen LogP contribution is 2.27. The van der Waals surface area contributed by atoms with Crippen molar-refractivity contribution in [2.24, 2.45) is 0 Å². The number of hydrogen-bond acceptors (Lipinski definition) is 4. The fourth-order valence-corrected chi connectivity index (χ4v) is 2.98. The highest BCUT2D eigenvalue weighted by molar-refractivity contribution is 7.13. The van der Waals surface area contributed by atoms with Gasteiger partial charge in [-0.3, -0.25) is 4.79 Å². The summed E-state index contributed by atoms with van der Waals surface area (Å²) in [5.74, 6) is 0.133. The quantitative estimate of drug-likeness (QED) is 0.867. The van der Waals surface area contributed by atoms with Gasteiger partial charge in [0.15, 0.2) is 5.13 Å². The second-order valence-corrected chi connectivity index (χ2v) is 5.63. The van der Waals surface area contributed by atoms with Crippen molar-refractivity contribution in [3.8, 4) is 11.3 Å². The minimum Gasteiger partial charge on any atom is -0.375 e. The Labute approximate surface area is 115 Å². The molecule has 0 saturated carbocycles. The van der Waals surface area contributed by atoms with Crippen molar-refractivity contribution in [2.45, 2.75) is 19.9 Å². The molecule has 2 N–H and O–H groups in total. The number of hydrogen-bond donors (Lipinski definition) is 1. The number of aromatic nitrogens is 1. The summed E-state index contributed by atoms with van der Waals surface area (Å²) in [6.07, 6.45) is 0.925. The van der Waals surface area contributed by atoms with Crippen molar-refractivity contribution >= 4 is 22.4 Å². The summed E-state index contributed by atoms with van der Waals surface area (Å²) < 4.78 is 0. The number of carbonyl (C=O) groups is 1. The molecule has 0 unspecified atom stereocenters. The van der Waals surface area contributed by atoms with E-state index in [1.54, 1.807) is 6.92 Å². The molecule has 1 aliphatic heterocycles. The molecule has 0 aliphatic carbocycles. The molecule has 0 bridgehead atoms. The number of nitrogens with two attached hydrogens (primary N) is 1. The molecule has 2 heterocycles. The molecular weight excluding hydrogens is 258 g/mol. The highest BCUT2D eigenvalue weighted by atomic mass is 32.1. The molecule has 0 spiro atoms. The van der Waals surface area contributed by atoms with Crippen molar-refractivity contribution in [1.82, 2.24) is 9.88 Å². The van der Waals surface area contributed by atoms with Crippen LogP contribution in [0.25, 0.3) is 11.3 Å². The summed E-state index contributed by atoms with van der Waals surface area (Å²) in [5, 5.41) is 2.54. The number of anilines is 1. The largest absolute Gasteiger partial charge is 0.375 e. The number of benzene rings is 1. The Bertz CT molecular complexity index is 635. The van der Waals surface area contributed by atoms with E-state index < -0.39 is 0 Å². The van der Waals surface area contributed by atoms with Crippen LogP contribution in [0.3, 0.4) is 0 Å². The zero-order valence-electron chi connectivity index (χ0n) is 10.7. The molecule has 5 heteroatoms. The Hall–Kier alpha value is -1.88. The van der Waals surface area contributed by atoms with Crippen molar-refractivity contribution < 1.29 is 4.79 Å². The maximum Gasteiger partial charge on any atom is 0.219 e. The third-order valence-corrected chi connectivity index (χ3v) is 4.16. The first-order valence-electron chi connectivity index (χ1n) is 6.22. The van der Waals surface area contributed by atoms with Gasteiger partial charge in [-0.1, -0.05) is 12.1 Å². The molecule has 3 rings (SSSR count). The van der Waals surface area contributed by atoms with Crippen molar-refractivity contribution in [1.29, 1.82) is 0 Å². The zero-order chi connectivity index (χ0) is 13.4. The molecule has 1 aromatic heterocycles. The lowest BCUT2D eigenvalue weighted by Gasteiger charge is -2.28. The number of rotatable bonds is 1. The van der Waals surface area contributed by atoms with Gasteiger partial charge in [0.1, 0.15) is 0 Å². The summed E-state index contributed by atoms with van der Waals surface area (Å²) in [4.78, 5) is 17.6. The van der Waals surface area contributed by atoms with E-state index in [1.165, 1.54) is 22.5 Å². The zero-order valence-corrected chi connectivity index (χ0v) is 11.5. The molecule has 1 aromatic carbocycles. The lowest BCUT2D eigenvalue weighted by atomic mass is 9.96. The van der Waals surface area contributed by atoms with Gasteiger partial charge in [0, 0.05) is 31.0 Å². The van der Waals surface area contributed by atoms with Crippen molar-refractivity contribution in [3.63, 3.8) is 0 Å². The Morgan fingerprint density at radius 1 is 1.42 bits per heavy atom. The number of nitrogen functional groups attached to an aromatic ring is 1. The lowest BCUT2D eigenvalue weighted by Crippen LogP contribution is -2.34. The van der Waals surface area contributed by atoms with Crippen LogP contribution in [0.5, 0.6) is 0 Å². The van der Waals surface area contributed by atoms with E-state index in [1.807, 2.05) is 10.3 Å². The average Bonchev–Trinajstić information content (AvgIpc) is 2.84. The third kappa shape index (κ3) is 2.33. The molecule has 0 radical (unpaired) electrons. The van der Waals surface area contributed by atoms with Gasteiger partial charge in [-0.2, -0.15) is 0 Å². The molecule has 19 heavy (non-hydrogen) atoms. The van der Waals surface area contributed by atoms with Gasteiger partial charge in [0.05, 0.1) is 5.69 Å².